The van der Waals surface area contributed by atoms with Crippen LogP contribution in [-0.4, -0.2) is 33.2 Å². The molecule has 0 saturated heterocycles. The van der Waals surface area contributed by atoms with Crippen molar-refractivity contribution in [3.05, 3.63) is 60.1 Å². The van der Waals surface area contributed by atoms with Gasteiger partial charge in [-0.1, -0.05) is 35.5 Å². The summed E-state index contributed by atoms with van der Waals surface area (Å²) in [5, 5.41) is 11.1. The van der Waals surface area contributed by atoms with Gasteiger partial charge < -0.3 is 9.84 Å². The molecule has 2 aromatic heterocycles. The van der Waals surface area contributed by atoms with Gasteiger partial charge in [0.2, 0.25) is 5.76 Å². The molecule has 7 nitrogen and oxygen atoms in total. The van der Waals surface area contributed by atoms with Crippen molar-refractivity contribution >= 4 is 12.2 Å². The molecule has 1 fully saturated rings. The zero-order valence-electron chi connectivity index (χ0n) is 14.0. The van der Waals surface area contributed by atoms with Crippen LogP contribution in [0.1, 0.15) is 33.9 Å². The van der Waals surface area contributed by atoms with Gasteiger partial charge in [0.25, 0.3) is 5.91 Å². The summed E-state index contributed by atoms with van der Waals surface area (Å²) in [5.74, 6) is 0.412. The summed E-state index contributed by atoms with van der Waals surface area (Å²) in [6, 6.07) is 13.1. The quantitative estimate of drug-likeness (QED) is 0.690. The Labute approximate surface area is 150 Å². The SMILES string of the molecule is O=Cc1ccn(C[C@H]2C[C@H](NC(=O)c3cc(-c4ccccc4)no3)C2)n1. The molecule has 0 spiro atoms. The highest BCUT2D eigenvalue weighted by Gasteiger charge is 2.31. The first kappa shape index (κ1) is 16.3. The molecule has 132 valence electrons. The molecule has 1 saturated carbocycles. The van der Waals surface area contributed by atoms with Crippen LogP contribution < -0.4 is 5.32 Å². The van der Waals surface area contributed by atoms with Gasteiger partial charge in [-0.3, -0.25) is 14.3 Å². The molecule has 0 radical (unpaired) electrons. The minimum atomic E-state index is -0.245. The number of aromatic nitrogens is 3. The van der Waals surface area contributed by atoms with E-state index in [-0.39, 0.29) is 17.7 Å². The number of carbonyl (C=O) groups is 2. The van der Waals surface area contributed by atoms with Crippen LogP contribution in [0.2, 0.25) is 0 Å². The van der Waals surface area contributed by atoms with Crippen LogP contribution in [0, 0.1) is 5.92 Å². The normalized spacial score (nSPS) is 18.9. The second-order valence-corrected chi connectivity index (χ2v) is 6.53. The highest BCUT2D eigenvalue weighted by atomic mass is 16.5. The van der Waals surface area contributed by atoms with Crippen molar-refractivity contribution in [2.45, 2.75) is 25.4 Å². The number of nitrogens with one attached hydrogen (secondary N) is 1. The fourth-order valence-corrected chi connectivity index (χ4v) is 3.19. The Balaban J connectivity index is 1.28. The van der Waals surface area contributed by atoms with Gasteiger partial charge in [-0.05, 0) is 24.8 Å². The second-order valence-electron chi connectivity index (χ2n) is 6.53. The van der Waals surface area contributed by atoms with Crippen LogP contribution in [-0.2, 0) is 6.54 Å². The monoisotopic (exact) mass is 350 g/mol. The Morgan fingerprint density at radius 3 is 2.81 bits per heavy atom. The number of nitrogens with zero attached hydrogens (tertiary/aromatic N) is 3. The fourth-order valence-electron chi connectivity index (χ4n) is 3.19. The highest BCUT2D eigenvalue weighted by Crippen LogP contribution is 2.29. The van der Waals surface area contributed by atoms with E-state index in [2.05, 4.69) is 15.6 Å². The van der Waals surface area contributed by atoms with Crippen molar-refractivity contribution in [3.8, 4) is 11.3 Å². The molecule has 7 heteroatoms. The van der Waals surface area contributed by atoms with Crippen molar-refractivity contribution < 1.29 is 14.1 Å². The molecule has 0 unspecified atom stereocenters. The summed E-state index contributed by atoms with van der Waals surface area (Å²) in [6.07, 6.45) is 4.29. The summed E-state index contributed by atoms with van der Waals surface area (Å²) >= 11 is 0. The number of rotatable bonds is 6. The van der Waals surface area contributed by atoms with Gasteiger partial charge in [0, 0.05) is 30.4 Å². The maximum absolute atomic E-state index is 12.3. The molecule has 3 aromatic rings. The van der Waals surface area contributed by atoms with E-state index in [1.54, 1.807) is 23.0 Å². The molecule has 26 heavy (non-hydrogen) atoms. The van der Waals surface area contributed by atoms with Gasteiger partial charge >= 0.3 is 0 Å². The van der Waals surface area contributed by atoms with E-state index < -0.39 is 0 Å². The standard InChI is InChI=1S/C19H18N4O3/c24-12-15-6-7-23(21-15)11-13-8-16(9-13)20-19(25)18-10-17(22-26-18)14-4-2-1-3-5-14/h1-7,10,12-13,16H,8-9,11H2,(H,20,25)/t13-,16-. The first-order chi connectivity index (χ1) is 12.7. The number of aldehydes is 1. The summed E-state index contributed by atoms with van der Waals surface area (Å²) in [4.78, 5) is 23.0. The van der Waals surface area contributed by atoms with Gasteiger partial charge in [-0.15, -0.1) is 0 Å². The Bertz CT molecular complexity index is 910. The Kier molecular flexibility index (Phi) is 4.35. The van der Waals surface area contributed by atoms with E-state index in [1.165, 1.54) is 0 Å². The molecule has 1 N–H and O–H groups in total. The second kappa shape index (κ2) is 6.95. The first-order valence-corrected chi connectivity index (χ1v) is 8.53. The van der Waals surface area contributed by atoms with Crippen molar-refractivity contribution in [1.29, 1.82) is 0 Å². The summed E-state index contributed by atoms with van der Waals surface area (Å²) in [6.45, 7) is 0.751. The summed E-state index contributed by atoms with van der Waals surface area (Å²) in [5.41, 5.74) is 1.99. The molecular weight excluding hydrogens is 332 g/mol. The largest absolute Gasteiger partial charge is 0.350 e. The zero-order valence-corrected chi connectivity index (χ0v) is 14.0. The summed E-state index contributed by atoms with van der Waals surface area (Å²) < 4.78 is 6.95. The number of amides is 1. The Morgan fingerprint density at radius 1 is 1.27 bits per heavy atom. The molecule has 1 amide bonds. The Hall–Kier alpha value is -3.22. The lowest BCUT2D eigenvalue weighted by atomic mass is 9.80. The molecule has 0 atom stereocenters. The van der Waals surface area contributed by atoms with Crippen LogP contribution in [0.5, 0.6) is 0 Å². The number of benzene rings is 1. The number of hydrogen-bond acceptors (Lipinski definition) is 5. The fraction of sp³-hybridized carbons (Fsp3) is 0.263. The minimum absolute atomic E-state index is 0.124. The van der Waals surface area contributed by atoms with E-state index in [0.29, 0.717) is 17.3 Å². The van der Waals surface area contributed by atoms with Crippen LogP contribution in [0.15, 0.2) is 53.2 Å². The van der Waals surface area contributed by atoms with Crippen LogP contribution >= 0.6 is 0 Å². The summed E-state index contributed by atoms with van der Waals surface area (Å²) in [7, 11) is 0. The third-order valence-electron chi connectivity index (χ3n) is 4.60. The van der Waals surface area contributed by atoms with Crippen LogP contribution in [0.4, 0.5) is 0 Å². The van der Waals surface area contributed by atoms with Gasteiger partial charge in [0.05, 0.1) is 0 Å². The third-order valence-corrected chi connectivity index (χ3v) is 4.60. The molecule has 0 bridgehead atoms. The maximum atomic E-state index is 12.3. The predicted molar refractivity (Wildman–Crippen MR) is 93.5 cm³/mol. The topological polar surface area (TPSA) is 90.0 Å². The van der Waals surface area contributed by atoms with Gasteiger partial charge in [0.15, 0.2) is 6.29 Å². The van der Waals surface area contributed by atoms with E-state index >= 15 is 0 Å². The van der Waals surface area contributed by atoms with E-state index in [4.69, 9.17) is 4.52 Å². The van der Waals surface area contributed by atoms with E-state index in [1.807, 2.05) is 30.3 Å². The Morgan fingerprint density at radius 2 is 2.08 bits per heavy atom. The van der Waals surface area contributed by atoms with E-state index in [9.17, 15) is 9.59 Å². The molecular formula is C19H18N4O3. The first-order valence-electron chi connectivity index (χ1n) is 8.53. The smallest absolute Gasteiger partial charge is 0.290 e. The predicted octanol–water partition coefficient (Wildman–Crippen LogP) is 2.56. The van der Waals surface area contributed by atoms with Crippen LogP contribution in [0.25, 0.3) is 11.3 Å². The van der Waals surface area contributed by atoms with Crippen molar-refractivity contribution in [2.24, 2.45) is 5.92 Å². The lowest BCUT2D eigenvalue weighted by molar-refractivity contribution is 0.0842. The van der Waals surface area contributed by atoms with Crippen molar-refractivity contribution in [3.63, 3.8) is 0 Å². The van der Waals surface area contributed by atoms with Crippen LogP contribution in [0.3, 0.4) is 0 Å². The lowest BCUT2D eigenvalue weighted by Gasteiger charge is -2.35. The highest BCUT2D eigenvalue weighted by molar-refractivity contribution is 5.92. The minimum Gasteiger partial charge on any atom is -0.350 e. The van der Waals surface area contributed by atoms with Crippen molar-refractivity contribution in [1.82, 2.24) is 20.3 Å². The number of carbonyl (C=O) groups excluding carboxylic acids is 2. The maximum Gasteiger partial charge on any atom is 0.290 e. The molecule has 1 aliphatic carbocycles. The zero-order chi connectivity index (χ0) is 17.9. The van der Waals surface area contributed by atoms with Crippen molar-refractivity contribution in [2.75, 3.05) is 0 Å². The molecule has 1 aromatic carbocycles. The number of hydrogen-bond donors (Lipinski definition) is 1. The average molecular weight is 350 g/mol. The average Bonchev–Trinajstić information content (AvgIpc) is 3.30. The molecule has 2 heterocycles. The van der Waals surface area contributed by atoms with Gasteiger partial charge in [-0.2, -0.15) is 5.10 Å². The van der Waals surface area contributed by atoms with E-state index in [0.717, 1.165) is 31.2 Å². The molecule has 4 rings (SSSR count). The van der Waals surface area contributed by atoms with Gasteiger partial charge in [0.1, 0.15) is 11.4 Å². The lowest BCUT2D eigenvalue weighted by Crippen LogP contribution is -2.45. The molecule has 1 aliphatic rings. The molecule has 0 aliphatic heterocycles. The van der Waals surface area contributed by atoms with Gasteiger partial charge in [-0.25, -0.2) is 0 Å². The third kappa shape index (κ3) is 3.42.